The number of nitrogens with zero attached hydrogens (tertiary/aromatic N) is 1. The van der Waals surface area contributed by atoms with Crippen molar-refractivity contribution in [3.8, 4) is 17.2 Å². The van der Waals surface area contributed by atoms with Gasteiger partial charge in [-0.3, -0.25) is 4.79 Å². The van der Waals surface area contributed by atoms with E-state index in [2.05, 4.69) is 0 Å². The van der Waals surface area contributed by atoms with Gasteiger partial charge in [-0.05, 0) is 12.1 Å². The molecular weight excluding hydrogens is 280 g/mol. The fourth-order valence-corrected chi connectivity index (χ4v) is 1.92. The molecule has 1 aromatic rings. The van der Waals surface area contributed by atoms with E-state index >= 15 is 0 Å². The molecule has 0 aliphatic heterocycles. The Morgan fingerprint density at radius 1 is 1.20 bits per heavy atom. The van der Waals surface area contributed by atoms with Crippen LogP contribution < -0.4 is 19.9 Å². The minimum Gasteiger partial charge on any atom is -0.493 e. The highest BCUT2D eigenvalue weighted by Crippen LogP contribution is 2.38. The molecule has 0 radical (unpaired) electrons. The van der Waals surface area contributed by atoms with Crippen LogP contribution in [-0.2, 0) is 0 Å². The largest absolute Gasteiger partial charge is 0.493 e. The third-order valence-corrected chi connectivity index (χ3v) is 2.78. The summed E-state index contributed by atoms with van der Waals surface area (Å²) in [5.74, 6) is 1.03. The van der Waals surface area contributed by atoms with Gasteiger partial charge < -0.3 is 24.8 Å². The number of ether oxygens (including phenoxy) is 3. The van der Waals surface area contributed by atoms with Crippen LogP contribution in [0.15, 0.2) is 12.1 Å². The number of hydrogen-bond donors (Lipinski definition) is 1. The Morgan fingerprint density at radius 2 is 1.70 bits per heavy atom. The molecule has 0 aliphatic carbocycles. The van der Waals surface area contributed by atoms with Crippen LogP contribution in [0, 0.1) is 0 Å². The van der Waals surface area contributed by atoms with Crippen molar-refractivity contribution in [3.05, 3.63) is 17.7 Å². The van der Waals surface area contributed by atoms with Gasteiger partial charge in [0.1, 0.15) is 0 Å². The van der Waals surface area contributed by atoms with Crippen molar-refractivity contribution in [1.29, 1.82) is 0 Å². The van der Waals surface area contributed by atoms with E-state index in [1.807, 2.05) is 0 Å². The highest BCUT2D eigenvalue weighted by atomic mass is 32.1. The number of hydrogen-bond acceptors (Lipinski definition) is 5. The Hall–Kier alpha value is -2.02. The SMILES string of the molecule is COc1cc(C(=O)N(C)CC(N)=S)cc(OC)c1OC. The minimum atomic E-state index is -0.239. The lowest BCUT2D eigenvalue weighted by molar-refractivity contribution is 0.0814. The molecule has 0 aromatic heterocycles. The van der Waals surface area contributed by atoms with E-state index in [9.17, 15) is 4.79 Å². The smallest absolute Gasteiger partial charge is 0.254 e. The first kappa shape index (κ1) is 16.0. The summed E-state index contributed by atoms with van der Waals surface area (Å²) in [5, 5.41) is 0. The lowest BCUT2D eigenvalue weighted by Gasteiger charge is -2.18. The quantitative estimate of drug-likeness (QED) is 0.792. The molecule has 1 aromatic carbocycles. The first-order chi connectivity index (χ1) is 9.44. The number of carbonyl (C=O) groups is 1. The Morgan fingerprint density at radius 3 is 2.05 bits per heavy atom. The molecule has 1 rings (SSSR count). The summed E-state index contributed by atoms with van der Waals surface area (Å²) in [6, 6.07) is 3.17. The molecule has 0 bridgehead atoms. The lowest BCUT2D eigenvalue weighted by Crippen LogP contribution is -2.34. The van der Waals surface area contributed by atoms with Crippen LogP contribution in [0.5, 0.6) is 17.2 Å². The predicted octanol–water partition coefficient (Wildman–Crippen LogP) is 1.07. The van der Waals surface area contributed by atoms with E-state index in [0.29, 0.717) is 22.8 Å². The zero-order chi connectivity index (χ0) is 15.3. The molecule has 0 heterocycles. The standard InChI is InChI=1S/C13H18N2O4S/c1-15(7-11(14)20)13(16)8-5-9(17-2)12(19-4)10(6-8)18-3/h5-6H,7H2,1-4H3,(H2,14,20). The number of thiocarbonyl (C=S) groups is 1. The number of amides is 1. The fraction of sp³-hybridized carbons (Fsp3) is 0.385. The summed E-state index contributed by atoms with van der Waals surface area (Å²) in [4.78, 5) is 13.9. The van der Waals surface area contributed by atoms with Crippen LogP contribution in [0.3, 0.4) is 0 Å². The predicted molar refractivity (Wildman–Crippen MR) is 79.8 cm³/mol. The van der Waals surface area contributed by atoms with Crippen LogP contribution >= 0.6 is 12.2 Å². The number of benzene rings is 1. The Balaban J connectivity index is 3.18. The highest BCUT2D eigenvalue weighted by Gasteiger charge is 2.19. The molecule has 7 heteroatoms. The molecule has 0 unspecified atom stereocenters. The Bertz CT molecular complexity index is 494. The van der Waals surface area contributed by atoms with Crippen LogP contribution in [-0.4, -0.2) is 50.7 Å². The van der Waals surface area contributed by atoms with Crippen LogP contribution in [0.4, 0.5) is 0 Å². The third-order valence-electron chi connectivity index (χ3n) is 2.65. The van der Waals surface area contributed by atoms with Gasteiger partial charge in [0.05, 0.1) is 32.9 Å². The summed E-state index contributed by atoms with van der Waals surface area (Å²) in [5.41, 5.74) is 5.84. The average molecular weight is 298 g/mol. The van der Waals surface area contributed by atoms with E-state index in [1.165, 1.54) is 26.2 Å². The second-order valence-corrected chi connectivity index (χ2v) is 4.57. The van der Waals surface area contributed by atoms with Crippen molar-refractivity contribution in [2.45, 2.75) is 0 Å². The maximum absolute atomic E-state index is 12.3. The topological polar surface area (TPSA) is 74.0 Å². The fourth-order valence-electron chi connectivity index (χ4n) is 1.73. The van der Waals surface area contributed by atoms with Gasteiger partial charge in [-0.2, -0.15) is 0 Å². The summed E-state index contributed by atoms with van der Waals surface area (Å²) in [7, 11) is 6.10. The number of carbonyl (C=O) groups excluding carboxylic acids is 1. The van der Waals surface area contributed by atoms with Gasteiger partial charge in [0.2, 0.25) is 5.75 Å². The first-order valence-electron chi connectivity index (χ1n) is 5.78. The number of rotatable bonds is 6. The number of methoxy groups -OCH3 is 3. The van der Waals surface area contributed by atoms with Crippen LogP contribution in [0.25, 0.3) is 0 Å². The summed E-state index contributed by atoms with van der Waals surface area (Å²) in [6.45, 7) is 0.199. The van der Waals surface area contributed by atoms with Gasteiger partial charge in [-0.1, -0.05) is 12.2 Å². The molecule has 0 atom stereocenters. The van der Waals surface area contributed by atoms with Crippen molar-refractivity contribution >= 4 is 23.1 Å². The van der Waals surface area contributed by atoms with Crippen molar-refractivity contribution in [2.24, 2.45) is 5.73 Å². The molecule has 0 fully saturated rings. The van der Waals surface area contributed by atoms with E-state index in [0.717, 1.165) is 0 Å². The molecular formula is C13H18N2O4S. The molecule has 0 saturated carbocycles. The Labute approximate surface area is 123 Å². The van der Waals surface area contributed by atoms with Gasteiger partial charge in [-0.15, -0.1) is 0 Å². The maximum atomic E-state index is 12.3. The monoisotopic (exact) mass is 298 g/mol. The zero-order valence-electron chi connectivity index (χ0n) is 11.9. The van der Waals surface area contributed by atoms with Crippen molar-refractivity contribution in [3.63, 3.8) is 0 Å². The van der Waals surface area contributed by atoms with E-state index in [1.54, 1.807) is 19.2 Å². The third kappa shape index (κ3) is 3.51. The first-order valence-corrected chi connectivity index (χ1v) is 6.19. The van der Waals surface area contributed by atoms with Crippen molar-refractivity contribution < 1.29 is 19.0 Å². The molecule has 110 valence electrons. The highest BCUT2D eigenvalue weighted by molar-refractivity contribution is 7.80. The molecule has 0 aliphatic rings. The molecule has 1 amide bonds. The van der Waals surface area contributed by atoms with Gasteiger partial charge in [0.25, 0.3) is 5.91 Å². The summed E-state index contributed by atoms with van der Waals surface area (Å²) >= 11 is 4.79. The second-order valence-electron chi connectivity index (χ2n) is 4.04. The summed E-state index contributed by atoms with van der Waals surface area (Å²) in [6.07, 6.45) is 0. The number of nitrogens with two attached hydrogens (primary N) is 1. The van der Waals surface area contributed by atoms with Crippen molar-refractivity contribution in [2.75, 3.05) is 34.9 Å². The van der Waals surface area contributed by atoms with E-state index in [-0.39, 0.29) is 17.4 Å². The van der Waals surface area contributed by atoms with Gasteiger partial charge >= 0.3 is 0 Å². The van der Waals surface area contributed by atoms with E-state index < -0.39 is 0 Å². The average Bonchev–Trinajstić information content (AvgIpc) is 2.43. The van der Waals surface area contributed by atoms with Crippen LogP contribution in [0.1, 0.15) is 10.4 Å². The van der Waals surface area contributed by atoms with Crippen LogP contribution in [0.2, 0.25) is 0 Å². The molecule has 0 saturated heterocycles. The summed E-state index contributed by atoms with van der Waals surface area (Å²) < 4.78 is 15.6. The molecule has 2 N–H and O–H groups in total. The Kier molecular flexibility index (Phi) is 5.57. The molecule has 20 heavy (non-hydrogen) atoms. The number of likely N-dealkylation sites (N-methyl/N-ethyl adjacent to an activating group) is 1. The van der Waals surface area contributed by atoms with E-state index in [4.69, 9.17) is 32.2 Å². The molecule has 0 spiro atoms. The molecule has 6 nitrogen and oxygen atoms in total. The van der Waals surface area contributed by atoms with Gasteiger partial charge in [0, 0.05) is 12.6 Å². The van der Waals surface area contributed by atoms with Crippen molar-refractivity contribution in [1.82, 2.24) is 4.90 Å². The lowest BCUT2D eigenvalue weighted by atomic mass is 10.1. The second kappa shape index (κ2) is 6.95. The normalized spacial score (nSPS) is 9.80. The minimum absolute atomic E-state index is 0.199. The zero-order valence-corrected chi connectivity index (χ0v) is 12.7. The van der Waals surface area contributed by atoms with Gasteiger partial charge in [-0.25, -0.2) is 0 Å². The van der Waals surface area contributed by atoms with Gasteiger partial charge in [0.15, 0.2) is 11.5 Å². The maximum Gasteiger partial charge on any atom is 0.254 e.